The van der Waals surface area contributed by atoms with E-state index in [2.05, 4.69) is 0 Å². The van der Waals surface area contributed by atoms with Crippen LogP contribution in [0.15, 0.2) is 60.7 Å². The quantitative estimate of drug-likeness (QED) is 0.441. The van der Waals surface area contributed by atoms with Crippen LogP contribution in [0.2, 0.25) is 0 Å². The lowest BCUT2D eigenvalue weighted by molar-refractivity contribution is -0.166. The first-order valence-corrected chi connectivity index (χ1v) is 10.3. The molecule has 2 aromatic rings. The molecule has 2 fully saturated rings. The number of amides is 1. The van der Waals surface area contributed by atoms with Crippen molar-refractivity contribution in [2.24, 2.45) is 0 Å². The van der Waals surface area contributed by atoms with Crippen molar-refractivity contribution in [2.75, 3.05) is 5.75 Å². The van der Waals surface area contributed by atoms with Crippen LogP contribution >= 0.6 is 23.4 Å². The van der Waals surface area contributed by atoms with Crippen molar-refractivity contribution in [3.05, 3.63) is 71.8 Å². The lowest BCUT2D eigenvalue weighted by Crippen LogP contribution is -2.68. The number of hydrogen-bond donors (Lipinski definition) is 0. The van der Waals surface area contributed by atoms with Crippen LogP contribution in [-0.2, 0) is 14.3 Å². The molecule has 2 aliphatic rings. The fraction of sp³-hybridized carbons (Fsp3) is 0.333. The van der Waals surface area contributed by atoms with Crippen molar-refractivity contribution >= 4 is 35.2 Å². The fourth-order valence-corrected chi connectivity index (χ4v) is 5.32. The summed E-state index contributed by atoms with van der Waals surface area (Å²) in [5.41, 5.74) is 1.76. The number of ether oxygens (including phenoxy) is 1. The van der Waals surface area contributed by atoms with E-state index >= 15 is 0 Å². The number of nitrogens with zero attached hydrogens (tertiary/aromatic N) is 1. The first-order valence-electron chi connectivity index (χ1n) is 8.89. The van der Waals surface area contributed by atoms with Crippen molar-refractivity contribution in [3.63, 3.8) is 0 Å². The van der Waals surface area contributed by atoms with Crippen molar-refractivity contribution in [3.8, 4) is 0 Å². The van der Waals surface area contributed by atoms with E-state index < -0.39 is 23.0 Å². The molecule has 0 spiro atoms. The third-order valence-corrected chi connectivity index (χ3v) is 7.06. The molecule has 2 saturated heterocycles. The topological polar surface area (TPSA) is 46.6 Å². The molecule has 3 atom stereocenters. The molecular weight excluding hydrogens is 382 g/mol. The largest absolute Gasteiger partial charge is 0.451 e. The van der Waals surface area contributed by atoms with E-state index in [1.54, 1.807) is 23.6 Å². The molecule has 0 bridgehead atoms. The molecule has 6 heteroatoms. The number of β-lactam (4-membered cyclic amide) rings is 1. The minimum absolute atomic E-state index is 0.0220. The summed E-state index contributed by atoms with van der Waals surface area (Å²) in [7, 11) is 0. The van der Waals surface area contributed by atoms with Gasteiger partial charge in [-0.3, -0.25) is 4.79 Å². The predicted molar refractivity (Wildman–Crippen MR) is 107 cm³/mol. The van der Waals surface area contributed by atoms with E-state index in [0.717, 1.165) is 11.1 Å². The van der Waals surface area contributed by atoms with Gasteiger partial charge in [-0.15, -0.1) is 23.4 Å². The second kappa shape index (κ2) is 7.21. The number of fused-ring (bicyclic) bond motifs is 1. The number of carbonyl (C=O) groups excluding carboxylic acids is 2. The standard InChI is InChI=1S/C21H20ClNO3S/c1-21(22)13-27-17-12-16(24)23(17)19(21)20(25)26-18(14-8-4-2-5-9-14)15-10-6-3-7-11-15/h2-11,17-19H,12-13H2,1H3/t17-,19+,21?/m1/s1. The maximum absolute atomic E-state index is 13.2. The molecule has 1 unspecified atom stereocenters. The van der Waals surface area contributed by atoms with Gasteiger partial charge in [-0.2, -0.15) is 0 Å². The van der Waals surface area contributed by atoms with Crippen molar-refractivity contribution in [1.29, 1.82) is 0 Å². The van der Waals surface area contributed by atoms with Gasteiger partial charge in [0.1, 0.15) is 0 Å². The minimum atomic E-state index is -0.855. The number of benzene rings is 2. The van der Waals surface area contributed by atoms with Gasteiger partial charge in [0.05, 0.1) is 16.7 Å². The van der Waals surface area contributed by atoms with Crippen LogP contribution in [0.5, 0.6) is 0 Å². The Hall–Kier alpha value is -1.98. The van der Waals surface area contributed by atoms with Gasteiger partial charge in [0.15, 0.2) is 12.1 Å². The Bertz CT molecular complexity index is 804. The van der Waals surface area contributed by atoms with Crippen LogP contribution in [0.25, 0.3) is 0 Å². The smallest absolute Gasteiger partial charge is 0.331 e. The maximum Gasteiger partial charge on any atom is 0.331 e. The highest BCUT2D eigenvalue weighted by atomic mass is 35.5. The highest BCUT2D eigenvalue weighted by Crippen LogP contribution is 2.45. The fourth-order valence-electron chi connectivity index (χ4n) is 3.60. The Balaban J connectivity index is 1.64. The summed E-state index contributed by atoms with van der Waals surface area (Å²) < 4.78 is 5.97. The molecule has 0 aliphatic carbocycles. The molecule has 4 rings (SSSR count). The van der Waals surface area contributed by atoms with Crippen LogP contribution in [0.3, 0.4) is 0 Å². The van der Waals surface area contributed by atoms with Gasteiger partial charge in [0, 0.05) is 5.75 Å². The summed E-state index contributed by atoms with van der Waals surface area (Å²) in [6.07, 6.45) is -0.0841. The van der Waals surface area contributed by atoms with Crippen LogP contribution in [0.4, 0.5) is 0 Å². The van der Waals surface area contributed by atoms with Gasteiger partial charge in [0.25, 0.3) is 0 Å². The SMILES string of the molecule is CC1(Cl)CS[C@@H]2CC(=O)N2[C@H]1C(=O)OC(c1ccccc1)c1ccccc1. The van der Waals surface area contributed by atoms with E-state index in [1.807, 2.05) is 60.7 Å². The summed E-state index contributed by atoms with van der Waals surface area (Å²) in [5.74, 6) is 0.102. The second-order valence-electron chi connectivity index (χ2n) is 7.09. The molecule has 27 heavy (non-hydrogen) atoms. The van der Waals surface area contributed by atoms with Gasteiger partial charge in [0.2, 0.25) is 5.91 Å². The number of carbonyl (C=O) groups is 2. The first kappa shape index (κ1) is 18.4. The molecule has 0 radical (unpaired) electrons. The number of thioether (sulfide) groups is 1. The average Bonchev–Trinajstić information content (AvgIpc) is 2.67. The summed E-state index contributed by atoms with van der Waals surface area (Å²) >= 11 is 8.27. The average molecular weight is 402 g/mol. The maximum atomic E-state index is 13.2. The third-order valence-electron chi connectivity index (χ3n) is 5.02. The summed E-state index contributed by atoms with van der Waals surface area (Å²) in [5, 5.41) is 0.0220. The zero-order valence-electron chi connectivity index (χ0n) is 14.9. The van der Waals surface area contributed by atoms with Crippen molar-refractivity contribution in [2.45, 2.75) is 35.7 Å². The monoisotopic (exact) mass is 401 g/mol. The van der Waals surface area contributed by atoms with Gasteiger partial charge in [-0.05, 0) is 18.1 Å². The zero-order valence-corrected chi connectivity index (χ0v) is 16.5. The number of rotatable bonds is 4. The van der Waals surface area contributed by atoms with E-state index in [9.17, 15) is 9.59 Å². The normalized spacial score (nSPS) is 27.1. The molecule has 0 N–H and O–H groups in total. The Kier molecular flexibility index (Phi) is 4.91. The first-order chi connectivity index (χ1) is 13.0. The predicted octanol–water partition coefficient (Wildman–Crippen LogP) is 3.99. The Morgan fingerprint density at radius 3 is 2.22 bits per heavy atom. The Morgan fingerprint density at radius 1 is 1.15 bits per heavy atom. The van der Waals surface area contributed by atoms with Crippen LogP contribution < -0.4 is 0 Å². The van der Waals surface area contributed by atoms with Crippen LogP contribution in [0, 0.1) is 0 Å². The molecule has 2 aliphatic heterocycles. The minimum Gasteiger partial charge on any atom is -0.451 e. The highest BCUT2D eigenvalue weighted by molar-refractivity contribution is 8.00. The van der Waals surface area contributed by atoms with E-state index in [0.29, 0.717) is 12.2 Å². The second-order valence-corrected chi connectivity index (χ2v) is 9.12. The third kappa shape index (κ3) is 3.46. The summed E-state index contributed by atoms with van der Waals surface area (Å²) in [6.45, 7) is 1.80. The molecule has 0 saturated carbocycles. The molecule has 140 valence electrons. The Labute approximate surface area is 167 Å². The molecule has 2 heterocycles. The Morgan fingerprint density at radius 2 is 1.70 bits per heavy atom. The number of esters is 1. The van der Waals surface area contributed by atoms with Crippen LogP contribution in [0.1, 0.15) is 30.6 Å². The molecule has 4 nitrogen and oxygen atoms in total. The summed E-state index contributed by atoms with van der Waals surface area (Å²) in [4.78, 5) is 26.1. The number of halogens is 1. The lowest BCUT2D eigenvalue weighted by Gasteiger charge is -2.52. The van der Waals surface area contributed by atoms with Crippen LogP contribution in [-0.4, -0.2) is 38.8 Å². The van der Waals surface area contributed by atoms with Gasteiger partial charge >= 0.3 is 5.97 Å². The van der Waals surface area contributed by atoms with E-state index in [1.165, 1.54) is 0 Å². The number of alkyl halides is 1. The molecule has 2 aromatic carbocycles. The number of hydrogen-bond acceptors (Lipinski definition) is 4. The molecule has 1 amide bonds. The summed E-state index contributed by atoms with van der Waals surface area (Å²) in [6, 6.07) is 18.4. The highest BCUT2D eigenvalue weighted by Gasteiger charge is 2.56. The van der Waals surface area contributed by atoms with Crippen molar-refractivity contribution in [1.82, 2.24) is 4.90 Å². The van der Waals surface area contributed by atoms with Gasteiger partial charge in [-0.1, -0.05) is 60.7 Å². The molecule has 0 aromatic heterocycles. The zero-order chi connectivity index (χ0) is 19.0. The van der Waals surface area contributed by atoms with E-state index in [-0.39, 0.29) is 11.3 Å². The van der Waals surface area contributed by atoms with Gasteiger partial charge in [-0.25, -0.2) is 4.79 Å². The van der Waals surface area contributed by atoms with Gasteiger partial charge < -0.3 is 9.64 Å². The van der Waals surface area contributed by atoms with Crippen molar-refractivity contribution < 1.29 is 14.3 Å². The van der Waals surface area contributed by atoms with E-state index in [4.69, 9.17) is 16.3 Å². The molecular formula is C21H20ClNO3S. The lowest BCUT2D eigenvalue weighted by atomic mass is 9.96.